The van der Waals surface area contributed by atoms with Crippen molar-refractivity contribution in [2.75, 3.05) is 17.7 Å². The number of anilines is 2. The third kappa shape index (κ3) is 3.41. The predicted molar refractivity (Wildman–Crippen MR) is 120 cm³/mol. The summed E-state index contributed by atoms with van der Waals surface area (Å²) in [4.78, 5) is 18.1. The minimum Gasteiger partial charge on any atom is -0.495 e. The molecule has 5 rings (SSSR count). The standard InChI is InChI=1S/C24H21N5O3/c1-15-20(23(30)26-17-11-6-7-12-18(17)31-2)21(16-9-4-3-5-10-16)29-24(25-15)27-22(28-29)19-13-8-14-32-19/h3-14,21H,1-2H3,(H,26,30)(H,25,27,28)/t21-/m1/s1. The summed E-state index contributed by atoms with van der Waals surface area (Å²) in [5.74, 6) is 1.86. The molecule has 1 amide bonds. The molecule has 8 heteroatoms. The van der Waals surface area contributed by atoms with Crippen LogP contribution in [0.15, 0.2) is 88.7 Å². The van der Waals surface area contributed by atoms with Crippen molar-refractivity contribution >= 4 is 17.5 Å². The SMILES string of the molecule is COc1ccccc1NC(=O)C1=C(C)Nc2nc(-c3ccco3)nn2[C@@H]1c1ccccc1. The van der Waals surface area contributed by atoms with Crippen LogP contribution in [-0.4, -0.2) is 27.8 Å². The number of nitrogens with zero attached hydrogens (tertiary/aromatic N) is 3. The van der Waals surface area contributed by atoms with Gasteiger partial charge in [-0.1, -0.05) is 42.5 Å². The van der Waals surface area contributed by atoms with E-state index in [1.54, 1.807) is 42.3 Å². The average molecular weight is 427 g/mol. The third-order valence-electron chi connectivity index (χ3n) is 5.31. The number of hydrogen-bond acceptors (Lipinski definition) is 6. The van der Waals surface area contributed by atoms with Crippen LogP contribution in [0.3, 0.4) is 0 Å². The Balaban J connectivity index is 1.59. The molecule has 0 saturated carbocycles. The second-order valence-corrected chi connectivity index (χ2v) is 7.31. The minimum atomic E-state index is -0.474. The molecule has 2 aromatic carbocycles. The van der Waals surface area contributed by atoms with Crippen molar-refractivity contribution in [1.82, 2.24) is 14.8 Å². The monoisotopic (exact) mass is 427 g/mol. The highest BCUT2D eigenvalue weighted by Gasteiger charge is 2.34. The van der Waals surface area contributed by atoms with Gasteiger partial charge < -0.3 is 19.8 Å². The van der Waals surface area contributed by atoms with Gasteiger partial charge in [0.05, 0.1) is 24.6 Å². The van der Waals surface area contributed by atoms with Gasteiger partial charge in [-0.05, 0) is 36.8 Å². The van der Waals surface area contributed by atoms with Crippen molar-refractivity contribution in [1.29, 1.82) is 0 Å². The van der Waals surface area contributed by atoms with E-state index in [4.69, 9.17) is 9.15 Å². The number of hydrogen-bond donors (Lipinski definition) is 2. The maximum absolute atomic E-state index is 13.5. The molecule has 0 saturated heterocycles. The minimum absolute atomic E-state index is 0.256. The molecule has 0 unspecified atom stereocenters. The number of rotatable bonds is 5. The Morgan fingerprint density at radius 1 is 1.09 bits per heavy atom. The summed E-state index contributed by atoms with van der Waals surface area (Å²) in [7, 11) is 1.57. The number of amides is 1. The van der Waals surface area contributed by atoms with E-state index in [1.165, 1.54) is 0 Å². The molecule has 2 aromatic heterocycles. The van der Waals surface area contributed by atoms with Crippen molar-refractivity contribution < 1.29 is 13.9 Å². The quantitative estimate of drug-likeness (QED) is 0.488. The van der Waals surface area contributed by atoms with Crippen LogP contribution in [0.5, 0.6) is 5.75 Å². The summed E-state index contributed by atoms with van der Waals surface area (Å²) >= 11 is 0. The maximum atomic E-state index is 13.5. The number of nitrogens with one attached hydrogen (secondary N) is 2. The van der Waals surface area contributed by atoms with Crippen LogP contribution in [0.1, 0.15) is 18.5 Å². The van der Waals surface area contributed by atoms with Gasteiger partial charge in [0, 0.05) is 5.70 Å². The average Bonchev–Trinajstić information content (AvgIpc) is 3.49. The lowest BCUT2D eigenvalue weighted by atomic mass is 9.95. The Morgan fingerprint density at radius 2 is 1.88 bits per heavy atom. The molecule has 0 fully saturated rings. The fraction of sp³-hybridized carbons (Fsp3) is 0.125. The molecule has 160 valence electrons. The molecule has 1 atom stereocenters. The first-order chi connectivity index (χ1) is 15.7. The van der Waals surface area contributed by atoms with Crippen LogP contribution >= 0.6 is 0 Å². The number of fused-ring (bicyclic) bond motifs is 1. The second-order valence-electron chi connectivity index (χ2n) is 7.31. The van der Waals surface area contributed by atoms with Crippen LogP contribution in [-0.2, 0) is 4.79 Å². The number of carbonyl (C=O) groups is 1. The van der Waals surface area contributed by atoms with E-state index in [0.29, 0.717) is 40.2 Å². The van der Waals surface area contributed by atoms with E-state index < -0.39 is 6.04 Å². The van der Waals surface area contributed by atoms with Crippen molar-refractivity contribution in [2.24, 2.45) is 0 Å². The first-order valence-electron chi connectivity index (χ1n) is 10.1. The molecule has 3 heterocycles. The van der Waals surface area contributed by atoms with Crippen molar-refractivity contribution in [3.63, 3.8) is 0 Å². The molecular weight excluding hydrogens is 406 g/mol. The molecular formula is C24H21N5O3. The molecule has 4 aromatic rings. The van der Waals surface area contributed by atoms with E-state index >= 15 is 0 Å². The highest BCUT2D eigenvalue weighted by molar-refractivity contribution is 6.06. The van der Waals surface area contributed by atoms with Crippen molar-refractivity contribution in [2.45, 2.75) is 13.0 Å². The van der Waals surface area contributed by atoms with Crippen LogP contribution in [0.2, 0.25) is 0 Å². The molecule has 1 aliphatic rings. The largest absolute Gasteiger partial charge is 0.495 e. The Morgan fingerprint density at radius 3 is 2.62 bits per heavy atom. The summed E-state index contributed by atoms with van der Waals surface area (Å²) < 4.78 is 12.6. The highest BCUT2D eigenvalue weighted by atomic mass is 16.5. The van der Waals surface area contributed by atoms with E-state index in [2.05, 4.69) is 20.7 Å². The number of methoxy groups -OCH3 is 1. The summed E-state index contributed by atoms with van der Waals surface area (Å²) in [5.41, 5.74) is 2.73. The topological polar surface area (TPSA) is 94.2 Å². The number of furan rings is 1. The fourth-order valence-electron chi connectivity index (χ4n) is 3.84. The Kier molecular flexibility index (Phi) is 4.95. The van der Waals surface area contributed by atoms with Gasteiger partial charge in [-0.25, -0.2) is 4.68 Å². The smallest absolute Gasteiger partial charge is 0.255 e. The number of aromatic nitrogens is 3. The number of para-hydroxylation sites is 2. The van der Waals surface area contributed by atoms with Crippen LogP contribution in [0.25, 0.3) is 11.6 Å². The third-order valence-corrected chi connectivity index (χ3v) is 5.31. The van der Waals surface area contributed by atoms with Crippen LogP contribution in [0, 0.1) is 0 Å². The number of benzene rings is 2. The fourth-order valence-corrected chi connectivity index (χ4v) is 3.84. The van der Waals surface area contributed by atoms with Crippen molar-refractivity contribution in [3.05, 3.63) is 89.8 Å². The molecule has 0 aliphatic carbocycles. The number of allylic oxidation sites excluding steroid dienone is 1. The first kappa shape index (κ1) is 19.6. The molecule has 0 bridgehead atoms. The summed E-state index contributed by atoms with van der Waals surface area (Å²) in [6.45, 7) is 1.86. The van der Waals surface area contributed by atoms with Gasteiger partial charge in [-0.3, -0.25) is 4.79 Å². The van der Waals surface area contributed by atoms with Gasteiger partial charge in [-0.2, -0.15) is 4.98 Å². The Bertz CT molecular complexity index is 1290. The van der Waals surface area contributed by atoms with Gasteiger partial charge in [0.2, 0.25) is 11.8 Å². The summed E-state index contributed by atoms with van der Waals surface area (Å²) in [5, 5.41) is 10.9. The van der Waals surface area contributed by atoms with Gasteiger partial charge >= 0.3 is 0 Å². The molecule has 32 heavy (non-hydrogen) atoms. The van der Waals surface area contributed by atoms with Gasteiger partial charge in [-0.15, -0.1) is 5.10 Å². The van der Waals surface area contributed by atoms with Crippen LogP contribution < -0.4 is 15.4 Å². The molecule has 8 nitrogen and oxygen atoms in total. The van der Waals surface area contributed by atoms with E-state index in [0.717, 1.165) is 5.56 Å². The summed E-state index contributed by atoms with van der Waals surface area (Å²) in [6, 6.07) is 20.2. The second kappa shape index (κ2) is 8.07. The molecule has 2 N–H and O–H groups in total. The molecule has 1 aliphatic heterocycles. The molecule has 0 radical (unpaired) electrons. The zero-order chi connectivity index (χ0) is 22.1. The Hall–Kier alpha value is -4.33. The normalized spacial score (nSPS) is 15.1. The summed E-state index contributed by atoms with van der Waals surface area (Å²) in [6.07, 6.45) is 1.58. The lowest BCUT2D eigenvalue weighted by Gasteiger charge is -2.28. The predicted octanol–water partition coefficient (Wildman–Crippen LogP) is 4.47. The number of ether oxygens (including phenoxy) is 1. The zero-order valence-corrected chi connectivity index (χ0v) is 17.6. The Labute approximate surface area is 184 Å². The van der Waals surface area contributed by atoms with E-state index in [-0.39, 0.29) is 5.91 Å². The van der Waals surface area contributed by atoms with Crippen molar-refractivity contribution in [3.8, 4) is 17.3 Å². The molecule has 0 spiro atoms. The van der Waals surface area contributed by atoms with E-state index in [9.17, 15) is 4.79 Å². The number of carbonyl (C=O) groups excluding carboxylic acids is 1. The van der Waals surface area contributed by atoms with Gasteiger partial charge in [0.15, 0.2) is 5.76 Å². The van der Waals surface area contributed by atoms with Gasteiger partial charge in [0.1, 0.15) is 11.8 Å². The lowest BCUT2D eigenvalue weighted by molar-refractivity contribution is -0.113. The van der Waals surface area contributed by atoms with Crippen LogP contribution in [0.4, 0.5) is 11.6 Å². The maximum Gasteiger partial charge on any atom is 0.255 e. The van der Waals surface area contributed by atoms with Gasteiger partial charge in [0.25, 0.3) is 5.91 Å². The zero-order valence-electron chi connectivity index (χ0n) is 17.6. The first-order valence-corrected chi connectivity index (χ1v) is 10.1. The highest BCUT2D eigenvalue weighted by Crippen LogP contribution is 2.37. The lowest BCUT2D eigenvalue weighted by Crippen LogP contribution is -2.31. The van der Waals surface area contributed by atoms with E-state index in [1.807, 2.05) is 49.4 Å².